The maximum atomic E-state index is 2.46. The maximum Gasteiger partial charge on any atom is 0.0745 e. The molecule has 2 atom stereocenters. The van der Waals surface area contributed by atoms with Gasteiger partial charge in [-0.1, -0.05) is 453 Å². The molecule has 6 aliphatic heterocycles. The third-order valence-electron chi connectivity index (χ3n) is 24.0. The van der Waals surface area contributed by atoms with Crippen LogP contribution in [0.1, 0.15) is 66.8 Å². The molecule has 0 amide bonds. The Hall–Kier alpha value is -11.9. The Bertz CT molecular complexity index is 6520. The molecule has 6 heterocycles. The summed E-state index contributed by atoms with van der Waals surface area (Å²) in [5.74, 6) is 0. The summed E-state index contributed by atoms with van der Waals surface area (Å²) in [5, 5.41) is 0. The van der Waals surface area contributed by atoms with Crippen molar-refractivity contribution in [2.75, 3.05) is 0 Å². The van der Waals surface area contributed by atoms with E-state index in [-0.39, 0.29) is 0 Å². The predicted molar refractivity (Wildman–Crippen MR) is 492 cm³/mol. The number of benzene rings is 18. The molecule has 0 N–H and O–H groups in total. The molecule has 18 aromatic rings. The Kier molecular flexibility index (Phi) is 18.3. The van der Waals surface area contributed by atoms with Crippen LogP contribution in [-0.4, -0.2) is 0 Å². The molecule has 0 saturated heterocycles. The van der Waals surface area contributed by atoms with E-state index in [0.29, 0.717) is 0 Å². The maximum absolute atomic E-state index is 2.46. The second kappa shape index (κ2) is 30.0. The molecule has 0 fully saturated rings. The van der Waals surface area contributed by atoms with Crippen molar-refractivity contribution in [2.24, 2.45) is 0 Å². The summed E-state index contributed by atoms with van der Waals surface area (Å²) in [5.41, 5.74) is 30.4. The fourth-order valence-corrected chi connectivity index (χ4v) is 26.8. The van der Waals surface area contributed by atoms with Gasteiger partial charge in [0.25, 0.3) is 0 Å². The molecule has 0 aromatic heterocycles. The standard InChI is InChI=1S/3C37H24S2/c1-3-13-25(14-4-1)27-17-11-21-31-35(27)38-33-23-9-7-19-29(33)37(31)30-20-8-10-24-34(30)39-36-28(18-12-22-32(36)37)26-15-5-2-6-16-26;1-3-12-25(13-4-1)27-22-23-31-35(24-27)38-33-20-9-7-17-29(33)37(31)30-18-8-10-21-34(30)39-36-28(16-11-19-32(36)37)26-14-5-2-6-15-26;1-3-12-25(13-4-1)27-22-23-35-32(24-27)37(29-17-7-9-20-33(29)38-35)30-18-8-10-21-34(30)39-36-28(16-11-19-31(36)37)26-14-5-2-6-15-26/h3*1-24H. The lowest BCUT2D eigenvalue weighted by Crippen LogP contribution is -2.37. The van der Waals surface area contributed by atoms with Crippen LogP contribution in [0.3, 0.4) is 0 Å². The molecule has 0 nitrogen and oxygen atoms in total. The summed E-state index contributed by atoms with van der Waals surface area (Å²) < 4.78 is 0. The fraction of sp³-hybridized carbons (Fsp3) is 0.0270. The molecule has 0 saturated carbocycles. The molecule has 24 rings (SSSR count). The van der Waals surface area contributed by atoms with Crippen LogP contribution in [0.25, 0.3) is 66.8 Å². The molecule has 6 heteroatoms. The first kappa shape index (κ1) is 71.6. The third-order valence-corrected chi connectivity index (χ3v) is 31.2. The first-order valence-corrected chi connectivity index (χ1v) is 44.7. The van der Waals surface area contributed by atoms with Crippen LogP contribution in [0.4, 0.5) is 0 Å². The van der Waals surface area contributed by atoms with Crippen molar-refractivity contribution in [3.8, 4) is 66.8 Å². The van der Waals surface area contributed by atoms with Crippen molar-refractivity contribution < 1.29 is 0 Å². The van der Waals surface area contributed by atoms with E-state index < -0.39 is 16.2 Å². The molecule has 0 bridgehead atoms. The van der Waals surface area contributed by atoms with Crippen molar-refractivity contribution in [2.45, 2.75) is 75.0 Å². The van der Waals surface area contributed by atoms with Gasteiger partial charge in [-0.15, -0.1) is 0 Å². The van der Waals surface area contributed by atoms with E-state index >= 15 is 0 Å². The van der Waals surface area contributed by atoms with Crippen LogP contribution >= 0.6 is 70.6 Å². The fourth-order valence-electron chi connectivity index (χ4n) is 19.1. The quantitative estimate of drug-likeness (QED) is 0.162. The van der Waals surface area contributed by atoms with Crippen molar-refractivity contribution in [3.63, 3.8) is 0 Å². The molecule has 2 unspecified atom stereocenters. The van der Waals surface area contributed by atoms with Gasteiger partial charge in [-0.2, -0.15) is 0 Å². The van der Waals surface area contributed by atoms with Crippen molar-refractivity contribution in [1.82, 2.24) is 0 Å². The van der Waals surface area contributed by atoms with Crippen LogP contribution in [0.2, 0.25) is 0 Å². The zero-order valence-corrected chi connectivity index (χ0v) is 68.4. The van der Waals surface area contributed by atoms with Crippen molar-refractivity contribution >= 4 is 70.6 Å². The number of hydrogen-bond acceptors (Lipinski definition) is 6. The van der Waals surface area contributed by atoms with Gasteiger partial charge >= 0.3 is 0 Å². The second-order valence-corrected chi connectivity index (χ2v) is 36.6. The summed E-state index contributed by atoms with van der Waals surface area (Å²) in [4.78, 5) is 16.0. The second-order valence-electron chi connectivity index (χ2n) is 30.2. The summed E-state index contributed by atoms with van der Waals surface area (Å²) in [6.07, 6.45) is 0. The van der Waals surface area contributed by atoms with Crippen molar-refractivity contribution in [1.29, 1.82) is 0 Å². The number of hydrogen-bond donors (Lipinski definition) is 0. The van der Waals surface area contributed by atoms with E-state index in [0.717, 1.165) is 0 Å². The monoisotopic (exact) mass is 1600 g/mol. The van der Waals surface area contributed by atoms with Gasteiger partial charge < -0.3 is 0 Å². The largest absolute Gasteiger partial charge is 0.0894 e. The Morgan fingerprint density at radius 3 is 0.650 bits per heavy atom. The lowest BCUT2D eigenvalue weighted by molar-refractivity contribution is 0.668. The van der Waals surface area contributed by atoms with Gasteiger partial charge in [-0.25, -0.2) is 0 Å². The lowest BCUT2D eigenvalue weighted by atomic mass is 9.64. The number of fused-ring (bicyclic) bond motifs is 24. The van der Waals surface area contributed by atoms with Gasteiger partial charge in [0.2, 0.25) is 0 Å². The average molecular weight is 1600 g/mol. The van der Waals surface area contributed by atoms with E-state index in [1.165, 1.54) is 192 Å². The van der Waals surface area contributed by atoms with E-state index in [9.17, 15) is 0 Å². The smallest absolute Gasteiger partial charge is 0.0745 e. The molecule has 0 radical (unpaired) electrons. The van der Waals surface area contributed by atoms with Gasteiger partial charge in [0, 0.05) is 58.7 Å². The minimum Gasteiger partial charge on any atom is -0.0894 e. The van der Waals surface area contributed by atoms with Crippen LogP contribution in [0.15, 0.2) is 496 Å². The predicted octanol–water partition coefficient (Wildman–Crippen LogP) is 31.0. The average Bonchev–Trinajstić information content (AvgIpc) is 0.687. The minimum absolute atomic E-state index is 0.394. The highest BCUT2D eigenvalue weighted by atomic mass is 32.2. The van der Waals surface area contributed by atoms with Gasteiger partial charge in [-0.3, -0.25) is 0 Å². The molecule has 0 aliphatic carbocycles. The summed E-state index contributed by atoms with van der Waals surface area (Å²) in [6.45, 7) is 0. The third kappa shape index (κ3) is 11.7. The molecular weight excluding hydrogens is 1530 g/mol. The van der Waals surface area contributed by atoms with Gasteiger partial charge in [0.05, 0.1) is 16.2 Å². The SMILES string of the molecule is c1ccc(-c2ccc3c(c2)C2(c4ccccc4S3)c3ccccc3Sc3c(-c4ccccc4)cccc32)cc1.c1ccc(-c2ccc3c(c2)Sc2ccccc2C32c3ccccc3Sc3c(-c4ccccc4)cccc32)cc1.c1ccc(-c2cccc3c2Sc2ccccc2C32c3ccccc3Sc3c(-c4ccccc4)cccc32)cc1. The first-order valence-electron chi connectivity index (χ1n) is 39.8. The van der Waals surface area contributed by atoms with E-state index in [2.05, 4.69) is 437 Å². The van der Waals surface area contributed by atoms with Gasteiger partial charge in [-0.05, 0) is 188 Å². The first-order chi connectivity index (χ1) is 58.0. The van der Waals surface area contributed by atoms with Crippen LogP contribution < -0.4 is 0 Å². The number of rotatable bonds is 6. The molecule has 117 heavy (non-hydrogen) atoms. The Morgan fingerprint density at radius 2 is 0.333 bits per heavy atom. The van der Waals surface area contributed by atoms with Crippen LogP contribution in [0, 0.1) is 0 Å². The Morgan fingerprint density at radius 1 is 0.120 bits per heavy atom. The Labute approximate surface area is 709 Å². The molecule has 18 aromatic carbocycles. The zero-order valence-electron chi connectivity index (χ0n) is 63.5. The summed E-state index contributed by atoms with van der Waals surface area (Å²) >= 11 is 11.5. The highest BCUT2D eigenvalue weighted by Crippen LogP contribution is 2.68. The van der Waals surface area contributed by atoms with Gasteiger partial charge in [0.1, 0.15) is 0 Å². The van der Waals surface area contributed by atoms with E-state index in [1.54, 1.807) is 0 Å². The normalized spacial score (nSPS) is 15.8. The summed E-state index contributed by atoms with van der Waals surface area (Å²) in [7, 11) is 0. The Balaban J connectivity index is 0.000000106. The van der Waals surface area contributed by atoms with Crippen LogP contribution in [-0.2, 0) is 16.2 Å². The highest BCUT2D eigenvalue weighted by molar-refractivity contribution is 8.01. The summed E-state index contributed by atoms with van der Waals surface area (Å²) in [6, 6.07) is 161. The zero-order chi connectivity index (χ0) is 77.4. The lowest BCUT2D eigenvalue weighted by Gasteiger charge is -2.46. The van der Waals surface area contributed by atoms with E-state index in [4.69, 9.17) is 0 Å². The van der Waals surface area contributed by atoms with Crippen LogP contribution in [0.5, 0.6) is 0 Å². The molecule has 552 valence electrons. The molecule has 3 spiro atoms. The minimum atomic E-state index is -0.413. The highest BCUT2D eigenvalue weighted by Gasteiger charge is 2.53. The van der Waals surface area contributed by atoms with E-state index in [1.807, 2.05) is 70.6 Å². The van der Waals surface area contributed by atoms with Gasteiger partial charge in [0.15, 0.2) is 0 Å². The molecule has 6 aliphatic rings. The van der Waals surface area contributed by atoms with Crippen molar-refractivity contribution in [3.05, 3.63) is 504 Å². The topological polar surface area (TPSA) is 0 Å². The molecular formula is C111H72S6.